The lowest BCUT2D eigenvalue weighted by Crippen LogP contribution is -2.35. The number of rotatable bonds is 8. The summed E-state index contributed by atoms with van der Waals surface area (Å²) in [5.74, 6) is -2.06. The molecule has 11 heteroatoms. The normalized spacial score (nSPS) is 16.4. The Hall–Kier alpha value is -5.06. The molecule has 1 aliphatic heterocycles. The number of amides is 2. The smallest absolute Gasteiger partial charge is 0.240 e. The molecule has 0 bridgehead atoms. The van der Waals surface area contributed by atoms with E-state index < -0.39 is 28.9 Å². The molecule has 2 amide bonds. The Morgan fingerprint density at radius 1 is 1.08 bits per heavy atom. The van der Waals surface area contributed by atoms with E-state index in [1.807, 2.05) is 6.07 Å². The predicted octanol–water partition coefficient (Wildman–Crippen LogP) is 4.50. The fourth-order valence-corrected chi connectivity index (χ4v) is 4.09. The van der Waals surface area contributed by atoms with E-state index in [9.17, 15) is 14.0 Å². The number of ether oxygens (including phenoxy) is 1. The Morgan fingerprint density at radius 3 is 2.38 bits per heavy atom. The molecule has 0 saturated heterocycles. The standard InChI is InChI=1S/C28H24F2N6O3/c1-36-23(9-13-33-36)17-14-25(22(8-12-31)32-16-17)39-24-7-6-20(15-21(24)30)35-27(38)28(10-11-28)26(37)34-19-4-2-18(29)3-5-19/h2-9,12-16,31-32H,10-11H2,1H3,(H,34,37)(H,35,38)/b22-8-,31-12?. The molecule has 2 aliphatic rings. The van der Waals surface area contributed by atoms with E-state index in [4.69, 9.17) is 10.1 Å². The maximum absolute atomic E-state index is 15.1. The highest BCUT2D eigenvalue weighted by molar-refractivity contribution is 6.16. The van der Waals surface area contributed by atoms with Crippen molar-refractivity contribution in [2.24, 2.45) is 12.5 Å². The Balaban J connectivity index is 1.29. The van der Waals surface area contributed by atoms with Gasteiger partial charge in [0.25, 0.3) is 0 Å². The number of nitrogens with zero attached hydrogens (tertiary/aromatic N) is 2. The van der Waals surface area contributed by atoms with Crippen molar-refractivity contribution >= 4 is 35.0 Å². The van der Waals surface area contributed by atoms with E-state index in [0.29, 0.717) is 24.2 Å². The first-order chi connectivity index (χ1) is 18.8. The summed E-state index contributed by atoms with van der Waals surface area (Å²) in [6, 6.07) is 11.0. The maximum atomic E-state index is 15.1. The average molecular weight is 531 g/mol. The zero-order chi connectivity index (χ0) is 27.6. The fourth-order valence-electron chi connectivity index (χ4n) is 4.09. The first kappa shape index (κ1) is 25.6. The van der Waals surface area contributed by atoms with Gasteiger partial charge < -0.3 is 26.1 Å². The second kappa shape index (κ2) is 10.4. The number of dihydropyridines is 1. The summed E-state index contributed by atoms with van der Waals surface area (Å²) in [6.07, 6.45) is 8.32. The zero-order valence-electron chi connectivity index (χ0n) is 20.8. The third-order valence-corrected chi connectivity index (χ3v) is 6.43. The van der Waals surface area contributed by atoms with Crippen LogP contribution in [0.3, 0.4) is 0 Å². The molecule has 1 saturated carbocycles. The Bertz CT molecular complexity index is 1550. The van der Waals surface area contributed by atoms with Crippen molar-refractivity contribution in [1.29, 1.82) is 5.41 Å². The lowest BCUT2D eigenvalue weighted by atomic mass is 10.0. The lowest BCUT2D eigenvalue weighted by Gasteiger charge is -2.20. The van der Waals surface area contributed by atoms with Crippen molar-refractivity contribution in [1.82, 2.24) is 15.1 Å². The topological polar surface area (TPSA) is 121 Å². The van der Waals surface area contributed by atoms with Crippen molar-refractivity contribution in [3.8, 4) is 5.75 Å². The number of carbonyl (C=O) groups is 2. The van der Waals surface area contributed by atoms with Crippen molar-refractivity contribution in [3.05, 3.63) is 102 Å². The molecule has 9 nitrogen and oxygen atoms in total. The molecule has 0 atom stereocenters. The Morgan fingerprint density at radius 2 is 1.77 bits per heavy atom. The SMILES string of the molecule is Cn1nccc1C1=CN/C(=C\C=N)C(Oc2ccc(NC(=O)C3(C(=O)Nc4ccc(F)cc4)CC3)cc2F)=C1. The van der Waals surface area contributed by atoms with Crippen LogP contribution in [0.4, 0.5) is 20.2 Å². The summed E-state index contributed by atoms with van der Waals surface area (Å²) in [5.41, 5.74) is 1.25. The number of aryl methyl sites for hydroxylation is 1. The monoisotopic (exact) mass is 530 g/mol. The third-order valence-electron chi connectivity index (χ3n) is 6.43. The van der Waals surface area contributed by atoms with Crippen LogP contribution in [-0.4, -0.2) is 27.8 Å². The van der Waals surface area contributed by atoms with E-state index in [-0.39, 0.29) is 17.2 Å². The molecular formula is C28H24F2N6O3. The molecule has 39 heavy (non-hydrogen) atoms. The Kier molecular flexibility index (Phi) is 6.80. The summed E-state index contributed by atoms with van der Waals surface area (Å²) in [6.45, 7) is 0. The largest absolute Gasteiger partial charge is 0.452 e. The van der Waals surface area contributed by atoms with Gasteiger partial charge in [-0.1, -0.05) is 0 Å². The van der Waals surface area contributed by atoms with Crippen LogP contribution in [0.5, 0.6) is 5.75 Å². The van der Waals surface area contributed by atoms with Gasteiger partial charge in [0.05, 0.1) is 11.4 Å². The number of benzene rings is 2. The van der Waals surface area contributed by atoms with Gasteiger partial charge in [-0.3, -0.25) is 14.3 Å². The van der Waals surface area contributed by atoms with Crippen LogP contribution < -0.4 is 20.7 Å². The molecule has 2 aromatic carbocycles. The number of anilines is 2. The predicted molar refractivity (Wildman–Crippen MR) is 142 cm³/mol. The fraction of sp³-hybridized carbons (Fsp3) is 0.143. The first-order valence-electron chi connectivity index (χ1n) is 12.0. The quantitative estimate of drug-likeness (QED) is 0.253. The van der Waals surface area contributed by atoms with Crippen LogP contribution in [0.25, 0.3) is 5.57 Å². The highest BCUT2D eigenvalue weighted by Crippen LogP contribution is 2.47. The van der Waals surface area contributed by atoms with E-state index >= 15 is 4.39 Å². The van der Waals surface area contributed by atoms with Crippen molar-refractivity contribution < 1.29 is 23.1 Å². The first-order valence-corrected chi connectivity index (χ1v) is 12.0. The van der Waals surface area contributed by atoms with Crippen molar-refractivity contribution in [3.63, 3.8) is 0 Å². The number of hydrogen-bond donors (Lipinski definition) is 4. The minimum absolute atomic E-state index is 0.0987. The van der Waals surface area contributed by atoms with Crippen molar-refractivity contribution in [2.45, 2.75) is 12.8 Å². The van der Waals surface area contributed by atoms with Crippen LogP contribution in [0.15, 0.2) is 84.5 Å². The molecule has 1 aromatic heterocycles. The minimum atomic E-state index is -1.28. The van der Waals surface area contributed by atoms with E-state index in [1.165, 1.54) is 42.5 Å². The molecule has 0 unspecified atom stereocenters. The Labute approximate surface area is 222 Å². The van der Waals surface area contributed by atoms with E-state index in [2.05, 4.69) is 21.0 Å². The second-order valence-corrected chi connectivity index (χ2v) is 9.08. The highest BCUT2D eigenvalue weighted by atomic mass is 19.1. The molecule has 1 fully saturated rings. The van der Waals surface area contributed by atoms with Gasteiger partial charge in [0.1, 0.15) is 11.2 Å². The number of carbonyl (C=O) groups excluding carboxylic acids is 2. The minimum Gasteiger partial charge on any atom is -0.452 e. The zero-order valence-corrected chi connectivity index (χ0v) is 20.8. The summed E-state index contributed by atoms with van der Waals surface area (Å²) in [7, 11) is 1.79. The number of allylic oxidation sites excluding steroid dienone is 3. The second-order valence-electron chi connectivity index (χ2n) is 9.08. The summed E-state index contributed by atoms with van der Waals surface area (Å²) < 4.78 is 35.7. The van der Waals surface area contributed by atoms with Crippen LogP contribution in [0.1, 0.15) is 18.5 Å². The van der Waals surface area contributed by atoms with Gasteiger partial charge >= 0.3 is 0 Å². The van der Waals surface area contributed by atoms with E-state index in [1.54, 1.807) is 30.2 Å². The molecule has 4 N–H and O–H groups in total. The van der Waals surface area contributed by atoms with E-state index in [0.717, 1.165) is 23.5 Å². The molecule has 0 spiro atoms. The van der Waals surface area contributed by atoms with Crippen LogP contribution in [0.2, 0.25) is 0 Å². The summed E-state index contributed by atoms with van der Waals surface area (Å²) in [5, 5.41) is 19.8. The van der Waals surface area contributed by atoms with Gasteiger partial charge in [0.2, 0.25) is 11.8 Å². The van der Waals surface area contributed by atoms with Gasteiger partial charge in [0, 0.05) is 48.7 Å². The number of aromatic nitrogens is 2. The molecule has 198 valence electrons. The number of halogens is 2. The molecular weight excluding hydrogens is 506 g/mol. The van der Waals surface area contributed by atoms with Gasteiger partial charge in [-0.05, 0) is 67.5 Å². The summed E-state index contributed by atoms with van der Waals surface area (Å²) in [4.78, 5) is 25.7. The molecule has 2 heterocycles. The van der Waals surface area contributed by atoms with Crippen molar-refractivity contribution in [2.75, 3.05) is 10.6 Å². The van der Waals surface area contributed by atoms with Gasteiger partial charge in [0.15, 0.2) is 17.3 Å². The maximum Gasteiger partial charge on any atom is 0.240 e. The van der Waals surface area contributed by atoms with Gasteiger partial charge in [-0.15, -0.1) is 0 Å². The third kappa shape index (κ3) is 5.33. The van der Waals surface area contributed by atoms with Crippen LogP contribution in [0, 0.1) is 22.5 Å². The van der Waals surface area contributed by atoms with Crippen LogP contribution in [-0.2, 0) is 16.6 Å². The van der Waals surface area contributed by atoms with Gasteiger partial charge in [-0.25, -0.2) is 8.78 Å². The molecule has 3 aromatic rings. The highest BCUT2D eigenvalue weighted by Gasteiger charge is 2.56. The number of nitrogens with one attached hydrogen (secondary N) is 4. The molecule has 5 rings (SSSR count). The van der Waals surface area contributed by atoms with Gasteiger partial charge in [-0.2, -0.15) is 5.10 Å². The lowest BCUT2D eigenvalue weighted by molar-refractivity contribution is -0.131. The number of hydrogen-bond acceptors (Lipinski definition) is 6. The molecule has 1 aliphatic carbocycles. The summed E-state index contributed by atoms with van der Waals surface area (Å²) >= 11 is 0. The average Bonchev–Trinajstić information content (AvgIpc) is 3.63. The van der Waals surface area contributed by atoms with Crippen LogP contribution >= 0.6 is 0 Å². The molecule has 0 radical (unpaired) electrons.